The number of hydrogen-bond donors (Lipinski definition) is 1. The zero-order chi connectivity index (χ0) is 24.8. The van der Waals surface area contributed by atoms with Gasteiger partial charge in [-0.3, -0.25) is 9.69 Å². The van der Waals surface area contributed by atoms with E-state index in [4.69, 9.17) is 0 Å². The molecule has 1 atom stereocenters. The Bertz CT molecular complexity index is 1110. The van der Waals surface area contributed by atoms with Crippen LogP contribution >= 0.6 is 0 Å². The molecule has 0 aromatic heterocycles. The summed E-state index contributed by atoms with van der Waals surface area (Å²) in [4.78, 5) is 28.5. The van der Waals surface area contributed by atoms with Crippen molar-refractivity contribution < 1.29 is 18.0 Å². The van der Waals surface area contributed by atoms with Gasteiger partial charge in [0, 0.05) is 51.4 Å². The number of rotatable bonds is 7. The van der Waals surface area contributed by atoms with Gasteiger partial charge in [0.25, 0.3) is 0 Å². The largest absolute Gasteiger partial charge is 0.338 e. The molecule has 0 saturated carbocycles. The molecule has 2 aromatic carbocycles. The molecule has 2 fully saturated rings. The minimum atomic E-state index is -3.66. The number of Topliss-reactive ketones (excluding diaryl/α,β-unsaturated/α-hetero) is 1. The van der Waals surface area contributed by atoms with E-state index in [1.807, 2.05) is 6.07 Å². The van der Waals surface area contributed by atoms with Gasteiger partial charge in [0.1, 0.15) is 0 Å². The zero-order valence-corrected chi connectivity index (χ0v) is 21.0. The number of carbonyl (C=O) groups is 2. The van der Waals surface area contributed by atoms with Crippen LogP contribution in [0.5, 0.6) is 0 Å². The summed E-state index contributed by atoms with van der Waals surface area (Å²) >= 11 is 0. The second-order valence-electron chi connectivity index (χ2n) is 9.39. The maximum atomic E-state index is 13.0. The van der Waals surface area contributed by atoms with Gasteiger partial charge in [0.05, 0.1) is 4.90 Å². The van der Waals surface area contributed by atoms with Crippen molar-refractivity contribution in [3.8, 4) is 0 Å². The van der Waals surface area contributed by atoms with Crippen LogP contribution in [0.3, 0.4) is 0 Å². The number of ketones is 1. The van der Waals surface area contributed by atoms with E-state index in [9.17, 15) is 18.0 Å². The molecule has 0 bridgehead atoms. The number of piperazine rings is 1. The summed E-state index contributed by atoms with van der Waals surface area (Å²) in [5.74, 6) is 0.307. The van der Waals surface area contributed by atoms with Crippen molar-refractivity contribution in [3.05, 3.63) is 65.7 Å². The van der Waals surface area contributed by atoms with E-state index >= 15 is 0 Å². The summed E-state index contributed by atoms with van der Waals surface area (Å²) in [6, 6.07) is 16.3. The van der Waals surface area contributed by atoms with Crippen LogP contribution in [0, 0.1) is 5.92 Å². The normalized spacial score (nSPS) is 19.9. The highest BCUT2D eigenvalue weighted by Crippen LogP contribution is 2.20. The molecule has 2 aromatic rings. The Labute approximate surface area is 207 Å². The number of benzene rings is 2. The Hall–Kier alpha value is -2.75. The molecule has 2 amide bonds. The summed E-state index contributed by atoms with van der Waals surface area (Å²) in [6.45, 7) is 6.24. The lowest BCUT2D eigenvalue weighted by Gasteiger charge is -2.35. The Morgan fingerprint density at radius 1 is 0.943 bits per heavy atom. The number of likely N-dealkylation sites (tertiary alicyclic amines) is 1. The highest BCUT2D eigenvalue weighted by molar-refractivity contribution is 7.89. The van der Waals surface area contributed by atoms with Crippen molar-refractivity contribution in [2.45, 2.75) is 31.2 Å². The van der Waals surface area contributed by atoms with Crippen molar-refractivity contribution in [2.24, 2.45) is 5.92 Å². The molecule has 35 heavy (non-hydrogen) atoms. The minimum Gasteiger partial charge on any atom is -0.338 e. The number of nitrogens with one attached hydrogen (secondary N) is 1. The molecule has 0 spiro atoms. The summed E-state index contributed by atoms with van der Waals surface area (Å²) in [6.07, 6.45) is 2.22. The molecular formula is C26H34N4O4S. The van der Waals surface area contributed by atoms with Crippen molar-refractivity contribution in [3.63, 3.8) is 0 Å². The summed E-state index contributed by atoms with van der Waals surface area (Å²) in [7, 11) is -3.66. The predicted molar refractivity (Wildman–Crippen MR) is 135 cm³/mol. The fraction of sp³-hybridized carbons (Fsp3) is 0.462. The first-order valence-corrected chi connectivity index (χ1v) is 13.7. The van der Waals surface area contributed by atoms with Crippen LogP contribution in [-0.4, -0.2) is 80.2 Å². The van der Waals surface area contributed by atoms with E-state index in [2.05, 4.69) is 34.5 Å². The average Bonchev–Trinajstić information content (AvgIpc) is 2.88. The molecule has 0 radical (unpaired) electrons. The van der Waals surface area contributed by atoms with Gasteiger partial charge < -0.3 is 10.2 Å². The lowest BCUT2D eigenvalue weighted by molar-refractivity contribution is 0.101. The molecule has 2 aliphatic heterocycles. The van der Waals surface area contributed by atoms with E-state index in [1.165, 1.54) is 41.1 Å². The highest BCUT2D eigenvalue weighted by Gasteiger charge is 2.30. The SMILES string of the molecule is CC(=O)c1ccc(S(=O)(=O)N2CCN(C(=O)NCC3CCCN(Cc4ccccc4)C3)CC2)cc1. The van der Waals surface area contributed by atoms with Crippen LogP contribution in [-0.2, 0) is 16.6 Å². The zero-order valence-electron chi connectivity index (χ0n) is 20.2. The fourth-order valence-electron chi connectivity index (χ4n) is 4.79. The first-order valence-electron chi connectivity index (χ1n) is 12.2. The Balaban J connectivity index is 1.23. The molecule has 1 N–H and O–H groups in total. The van der Waals surface area contributed by atoms with Crippen LogP contribution in [0.4, 0.5) is 4.79 Å². The highest BCUT2D eigenvalue weighted by atomic mass is 32.2. The van der Waals surface area contributed by atoms with Gasteiger partial charge in [-0.1, -0.05) is 42.5 Å². The van der Waals surface area contributed by atoms with Crippen molar-refractivity contribution in [1.29, 1.82) is 0 Å². The number of carbonyl (C=O) groups excluding carboxylic acids is 2. The van der Waals surface area contributed by atoms with E-state index < -0.39 is 10.0 Å². The van der Waals surface area contributed by atoms with E-state index in [-0.39, 0.29) is 29.8 Å². The lowest BCUT2D eigenvalue weighted by atomic mass is 9.97. The van der Waals surface area contributed by atoms with Crippen LogP contribution in [0.1, 0.15) is 35.7 Å². The first-order chi connectivity index (χ1) is 16.8. The van der Waals surface area contributed by atoms with E-state index in [0.717, 1.165) is 32.5 Å². The molecule has 8 nitrogen and oxygen atoms in total. The third-order valence-electron chi connectivity index (χ3n) is 6.82. The smallest absolute Gasteiger partial charge is 0.317 e. The summed E-state index contributed by atoms with van der Waals surface area (Å²) < 4.78 is 27.3. The molecule has 2 heterocycles. The molecular weight excluding hydrogens is 464 g/mol. The van der Waals surface area contributed by atoms with Crippen molar-refractivity contribution in [2.75, 3.05) is 45.8 Å². The van der Waals surface area contributed by atoms with Gasteiger partial charge in [0.2, 0.25) is 10.0 Å². The Kier molecular flexibility index (Phi) is 8.20. The first kappa shape index (κ1) is 25.3. The van der Waals surface area contributed by atoms with Crippen LogP contribution in [0.25, 0.3) is 0 Å². The summed E-state index contributed by atoms with van der Waals surface area (Å²) in [5.41, 5.74) is 1.78. The monoisotopic (exact) mass is 498 g/mol. The van der Waals surface area contributed by atoms with Gasteiger partial charge in [-0.15, -0.1) is 0 Å². The minimum absolute atomic E-state index is 0.106. The van der Waals surface area contributed by atoms with Gasteiger partial charge in [-0.2, -0.15) is 4.31 Å². The standard InChI is InChI=1S/C26H34N4O4S/c1-21(31)24-9-11-25(12-10-24)35(33,34)30-16-14-29(15-17-30)26(32)27-18-23-8-5-13-28(20-23)19-22-6-3-2-4-7-22/h2-4,6-7,9-12,23H,5,8,13-20H2,1H3,(H,27,32). The number of sulfonamides is 1. The molecule has 4 rings (SSSR count). The van der Waals surface area contributed by atoms with E-state index in [1.54, 1.807) is 4.90 Å². The number of nitrogens with zero attached hydrogens (tertiary/aromatic N) is 3. The average molecular weight is 499 g/mol. The Morgan fingerprint density at radius 2 is 1.63 bits per heavy atom. The van der Waals surface area contributed by atoms with Gasteiger partial charge >= 0.3 is 6.03 Å². The third kappa shape index (κ3) is 6.48. The van der Waals surface area contributed by atoms with Crippen molar-refractivity contribution in [1.82, 2.24) is 19.4 Å². The topological polar surface area (TPSA) is 90.0 Å². The number of piperidine rings is 1. The molecule has 0 aliphatic carbocycles. The predicted octanol–water partition coefficient (Wildman–Crippen LogP) is 2.82. The second kappa shape index (κ2) is 11.3. The molecule has 2 aliphatic rings. The second-order valence-corrected chi connectivity index (χ2v) is 11.3. The quantitative estimate of drug-likeness (QED) is 0.593. The number of hydrogen-bond acceptors (Lipinski definition) is 5. The number of urea groups is 1. The van der Waals surface area contributed by atoms with Crippen LogP contribution in [0.2, 0.25) is 0 Å². The maximum Gasteiger partial charge on any atom is 0.317 e. The maximum absolute atomic E-state index is 13.0. The molecule has 1 unspecified atom stereocenters. The molecule has 2 saturated heterocycles. The number of amides is 2. The fourth-order valence-corrected chi connectivity index (χ4v) is 6.21. The van der Waals surface area contributed by atoms with Gasteiger partial charge in [-0.25, -0.2) is 13.2 Å². The van der Waals surface area contributed by atoms with Crippen LogP contribution < -0.4 is 5.32 Å². The third-order valence-corrected chi connectivity index (χ3v) is 8.73. The van der Waals surface area contributed by atoms with E-state index in [0.29, 0.717) is 31.1 Å². The Morgan fingerprint density at radius 3 is 2.29 bits per heavy atom. The molecule has 188 valence electrons. The van der Waals surface area contributed by atoms with Gasteiger partial charge in [0.15, 0.2) is 5.78 Å². The van der Waals surface area contributed by atoms with Crippen LogP contribution in [0.15, 0.2) is 59.5 Å². The van der Waals surface area contributed by atoms with Crippen molar-refractivity contribution >= 4 is 21.8 Å². The lowest BCUT2D eigenvalue weighted by Crippen LogP contribution is -2.54. The summed E-state index contributed by atoms with van der Waals surface area (Å²) in [5, 5.41) is 3.07. The molecule has 9 heteroatoms. The van der Waals surface area contributed by atoms with Gasteiger partial charge in [-0.05, 0) is 49.9 Å².